The van der Waals surface area contributed by atoms with Crippen LogP contribution < -0.4 is 9.80 Å². The van der Waals surface area contributed by atoms with Crippen LogP contribution in [0.2, 0.25) is 0 Å². The number of hydrogen-bond donors (Lipinski definition) is 2. The summed E-state index contributed by atoms with van der Waals surface area (Å²) in [5.74, 6) is -1.06. The van der Waals surface area contributed by atoms with Crippen molar-refractivity contribution in [2.45, 2.75) is 76.5 Å². The van der Waals surface area contributed by atoms with Crippen LogP contribution in [0.4, 0.5) is 11.4 Å². The number of aliphatic hydroxyl groups is 2. The molecule has 3 aliphatic heterocycles. The first-order valence-corrected chi connectivity index (χ1v) is 14.9. The number of amides is 3. The van der Waals surface area contributed by atoms with Gasteiger partial charge in [-0.15, -0.1) is 0 Å². The summed E-state index contributed by atoms with van der Waals surface area (Å²) in [6.07, 6.45) is 9.65. The summed E-state index contributed by atoms with van der Waals surface area (Å²) in [7, 11) is 0. The van der Waals surface area contributed by atoms with Crippen molar-refractivity contribution in [3.63, 3.8) is 0 Å². The van der Waals surface area contributed by atoms with E-state index in [9.17, 15) is 24.6 Å². The molecule has 0 aliphatic carbocycles. The normalized spacial score (nSPS) is 24.1. The van der Waals surface area contributed by atoms with E-state index in [1.807, 2.05) is 48.5 Å². The third kappa shape index (κ3) is 5.81. The Kier molecular flexibility index (Phi) is 8.90. The fourth-order valence-electron chi connectivity index (χ4n) is 6.44. The second kappa shape index (κ2) is 12.6. The lowest BCUT2D eigenvalue weighted by Gasteiger charge is -2.29. The summed E-state index contributed by atoms with van der Waals surface area (Å²) in [4.78, 5) is 45.0. The van der Waals surface area contributed by atoms with Gasteiger partial charge >= 0.3 is 0 Å². The lowest BCUT2D eigenvalue weighted by molar-refractivity contribution is -0.139. The van der Waals surface area contributed by atoms with Crippen LogP contribution in [0.5, 0.6) is 0 Å². The zero-order valence-corrected chi connectivity index (χ0v) is 23.9. The van der Waals surface area contributed by atoms with Gasteiger partial charge in [0.2, 0.25) is 11.8 Å². The molecule has 2 saturated heterocycles. The number of carbonyl (C=O) groups excluding carboxylic acids is 3. The topological polar surface area (TPSA) is 101 Å². The van der Waals surface area contributed by atoms with Gasteiger partial charge in [-0.3, -0.25) is 14.4 Å². The molecule has 0 saturated carbocycles. The highest BCUT2D eigenvalue weighted by atomic mass is 16.3. The summed E-state index contributed by atoms with van der Waals surface area (Å²) < 4.78 is 0. The van der Waals surface area contributed by atoms with Gasteiger partial charge in [0, 0.05) is 43.1 Å². The van der Waals surface area contributed by atoms with Gasteiger partial charge in [-0.05, 0) is 49.4 Å². The standard InChI is InChI=1S/C33H41N3O5/c1-24(11-9-16-31(39)35-20-10-14-27(35)23-37)33(41)28-21-26(34-19-8-3-2-7-15-30(34)38)17-18-29(28)36(32(33)40)22-25-12-5-4-6-13-25/h4-6,9,11-13,17-18,21,24,27,37,41H,2-3,7-8,10,14-16,19-20,22-23H2,1H3/b11-9+/t24-,27+,33+/m1/s1. The maximum Gasteiger partial charge on any atom is 0.264 e. The second-order valence-corrected chi connectivity index (χ2v) is 11.5. The van der Waals surface area contributed by atoms with E-state index in [1.165, 1.54) is 0 Å². The fourth-order valence-corrected chi connectivity index (χ4v) is 6.44. The van der Waals surface area contributed by atoms with Crippen molar-refractivity contribution in [3.05, 3.63) is 71.8 Å². The van der Waals surface area contributed by atoms with Crippen LogP contribution in [0.3, 0.4) is 0 Å². The van der Waals surface area contributed by atoms with E-state index in [4.69, 9.17) is 0 Å². The number of hydrogen-bond acceptors (Lipinski definition) is 5. The minimum absolute atomic E-state index is 0.0456. The van der Waals surface area contributed by atoms with Crippen LogP contribution in [0.25, 0.3) is 0 Å². The molecule has 2 aromatic carbocycles. The minimum atomic E-state index is -1.85. The number of aliphatic hydroxyl groups excluding tert-OH is 1. The van der Waals surface area contributed by atoms with Crippen molar-refractivity contribution in [3.8, 4) is 0 Å². The van der Waals surface area contributed by atoms with Crippen molar-refractivity contribution in [2.24, 2.45) is 5.92 Å². The van der Waals surface area contributed by atoms with Crippen molar-refractivity contribution < 1.29 is 24.6 Å². The van der Waals surface area contributed by atoms with Gasteiger partial charge in [-0.25, -0.2) is 0 Å². The SMILES string of the molecule is C[C@H](/C=C/CC(=O)N1CCC[C@H]1CO)[C@@]1(O)C(=O)N(Cc2ccccc2)c2ccc(N3CCCCCCC3=O)cc21. The van der Waals surface area contributed by atoms with Gasteiger partial charge in [0.1, 0.15) is 0 Å². The Hall–Kier alpha value is -3.49. The summed E-state index contributed by atoms with van der Waals surface area (Å²) in [6, 6.07) is 15.0. The van der Waals surface area contributed by atoms with Crippen LogP contribution in [0, 0.1) is 5.92 Å². The Morgan fingerprint density at radius 3 is 2.61 bits per heavy atom. The summed E-state index contributed by atoms with van der Waals surface area (Å²) in [5, 5.41) is 21.8. The van der Waals surface area contributed by atoms with Crippen molar-refractivity contribution in [1.29, 1.82) is 0 Å². The van der Waals surface area contributed by atoms with E-state index >= 15 is 0 Å². The Morgan fingerprint density at radius 1 is 1.05 bits per heavy atom. The number of benzene rings is 2. The number of likely N-dealkylation sites (tertiary alicyclic amines) is 1. The number of nitrogens with zero attached hydrogens (tertiary/aromatic N) is 3. The van der Waals surface area contributed by atoms with E-state index in [-0.39, 0.29) is 30.9 Å². The first-order chi connectivity index (χ1) is 19.8. The number of carbonyl (C=O) groups is 3. The molecular weight excluding hydrogens is 518 g/mol. The molecule has 2 N–H and O–H groups in total. The molecular formula is C33H41N3O5. The third-order valence-corrected chi connectivity index (χ3v) is 8.86. The molecule has 8 heteroatoms. The van der Waals surface area contributed by atoms with Gasteiger partial charge in [0.25, 0.3) is 5.91 Å². The van der Waals surface area contributed by atoms with Crippen molar-refractivity contribution in [1.82, 2.24) is 4.90 Å². The highest BCUT2D eigenvalue weighted by molar-refractivity contribution is 6.08. The first kappa shape index (κ1) is 29.0. The van der Waals surface area contributed by atoms with Crippen LogP contribution in [0.15, 0.2) is 60.7 Å². The van der Waals surface area contributed by atoms with E-state index in [2.05, 4.69) is 0 Å². The molecule has 3 atom stereocenters. The minimum Gasteiger partial charge on any atom is -0.394 e. The lowest BCUT2D eigenvalue weighted by Crippen LogP contribution is -2.44. The van der Waals surface area contributed by atoms with Gasteiger partial charge in [0.05, 0.1) is 24.9 Å². The first-order valence-electron chi connectivity index (χ1n) is 14.9. The van der Waals surface area contributed by atoms with Gasteiger partial charge in [-0.2, -0.15) is 0 Å². The molecule has 0 radical (unpaired) electrons. The third-order valence-electron chi connectivity index (χ3n) is 8.86. The Balaban J connectivity index is 1.45. The van der Waals surface area contributed by atoms with Gasteiger partial charge < -0.3 is 24.9 Å². The second-order valence-electron chi connectivity index (χ2n) is 11.5. The molecule has 2 aromatic rings. The molecule has 2 fully saturated rings. The number of anilines is 2. The lowest BCUT2D eigenvalue weighted by atomic mass is 9.82. The molecule has 0 spiro atoms. The molecule has 3 amide bonds. The summed E-state index contributed by atoms with van der Waals surface area (Å²) in [6.45, 7) is 3.30. The maximum absolute atomic E-state index is 14.0. The van der Waals surface area contributed by atoms with E-state index in [0.717, 1.165) is 44.1 Å². The van der Waals surface area contributed by atoms with Gasteiger partial charge in [-0.1, -0.05) is 62.2 Å². The highest BCUT2D eigenvalue weighted by Crippen LogP contribution is 2.47. The molecule has 0 aromatic heterocycles. The van der Waals surface area contributed by atoms with Crippen LogP contribution in [0.1, 0.15) is 69.4 Å². The molecule has 8 nitrogen and oxygen atoms in total. The number of rotatable bonds is 8. The molecule has 3 heterocycles. The van der Waals surface area contributed by atoms with Gasteiger partial charge in [0.15, 0.2) is 5.60 Å². The van der Waals surface area contributed by atoms with E-state index in [0.29, 0.717) is 43.0 Å². The maximum atomic E-state index is 14.0. The predicted octanol–water partition coefficient (Wildman–Crippen LogP) is 4.28. The average Bonchev–Trinajstić information content (AvgIpc) is 3.54. The summed E-state index contributed by atoms with van der Waals surface area (Å²) >= 11 is 0. The zero-order valence-electron chi connectivity index (χ0n) is 23.9. The largest absolute Gasteiger partial charge is 0.394 e. The molecule has 218 valence electrons. The Bertz CT molecular complexity index is 1300. The summed E-state index contributed by atoms with van der Waals surface area (Å²) in [5.41, 5.74) is 0.890. The fraction of sp³-hybridized carbons (Fsp3) is 0.485. The van der Waals surface area contributed by atoms with Crippen LogP contribution >= 0.6 is 0 Å². The smallest absolute Gasteiger partial charge is 0.264 e. The predicted molar refractivity (Wildman–Crippen MR) is 158 cm³/mol. The molecule has 0 bridgehead atoms. The Labute approximate surface area is 242 Å². The van der Waals surface area contributed by atoms with Crippen molar-refractivity contribution in [2.75, 3.05) is 29.5 Å². The molecule has 0 unspecified atom stereocenters. The average molecular weight is 560 g/mol. The van der Waals surface area contributed by atoms with Crippen LogP contribution in [-0.2, 0) is 26.5 Å². The Morgan fingerprint density at radius 2 is 1.83 bits per heavy atom. The molecule has 41 heavy (non-hydrogen) atoms. The highest BCUT2D eigenvalue weighted by Gasteiger charge is 2.52. The number of fused-ring (bicyclic) bond motifs is 1. The monoisotopic (exact) mass is 559 g/mol. The molecule has 3 aliphatic rings. The van der Waals surface area contributed by atoms with E-state index < -0.39 is 17.4 Å². The zero-order chi connectivity index (χ0) is 29.0. The van der Waals surface area contributed by atoms with E-state index in [1.54, 1.807) is 33.8 Å². The molecule has 5 rings (SSSR count). The quantitative estimate of drug-likeness (QED) is 0.470. The van der Waals surface area contributed by atoms with Crippen molar-refractivity contribution >= 4 is 29.1 Å². The van der Waals surface area contributed by atoms with Crippen LogP contribution in [-0.4, -0.2) is 58.6 Å².